The molecule has 0 spiro atoms. The maximum atomic E-state index is 4.49. The number of nitrogens with one attached hydrogen (secondary N) is 1. The van der Waals surface area contributed by atoms with Gasteiger partial charge in [0.2, 0.25) is 0 Å². The van der Waals surface area contributed by atoms with Crippen molar-refractivity contribution in [1.82, 2.24) is 24.4 Å². The zero-order valence-corrected chi connectivity index (χ0v) is 12.4. The Labute approximate surface area is 129 Å². The number of likely N-dealkylation sites (tertiary alicyclic amines) is 1. The van der Waals surface area contributed by atoms with Crippen LogP contribution in [0.1, 0.15) is 18.0 Å². The van der Waals surface area contributed by atoms with Crippen LogP contribution < -0.4 is 0 Å². The van der Waals surface area contributed by atoms with Crippen molar-refractivity contribution >= 4 is 0 Å². The lowest BCUT2D eigenvalue weighted by Crippen LogP contribution is -2.21. The first-order valence-electron chi connectivity index (χ1n) is 7.68. The molecule has 4 rings (SSSR count). The van der Waals surface area contributed by atoms with Crippen LogP contribution in [0.4, 0.5) is 0 Å². The summed E-state index contributed by atoms with van der Waals surface area (Å²) in [4.78, 5) is 14.2. The molecular formula is C17H19N5. The lowest BCUT2D eigenvalue weighted by Gasteiger charge is -2.18. The fourth-order valence-electron chi connectivity index (χ4n) is 3.22. The molecule has 2 aromatic heterocycles. The normalized spacial score (nSPS) is 18.8. The van der Waals surface area contributed by atoms with Crippen LogP contribution in [0.2, 0.25) is 0 Å². The van der Waals surface area contributed by atoms with E-state index >= 15 is 0 Å². The van der Waals surface area contributed by atoms with Crippen molar-refractivity contribution < 1.29 is 0 Å². The summed E-state index contributed by atoms with van der Waals surface area (Å²) in [5.41, 5.74) is 2.36. The molecule has 22 heavy (non-hydrogen) atoms. The van der Waals surface area contributed by atoms with Gasteiger partial charge in [0.15, 0.2) is 5.82 Å². The second kappa shape index (κ2) is 5.77. The summed E-state index contributed by atoms with van der Waals surface area (Å²) >= 11 is 0. The van der Waals surface area contributed by atoms with Crippen LogP contribution in [-0.2, 0) is 6.54 Å². The maximum Gasteiger partial charge on any atom is 0.158 e. The van der Waals surface area contributed by atoms with Crippen LogP contribution in [-0.4, -0.2) is 37.5 Å². The summed E-state index contributed by atoms with van der Waals surface area (Å²) in [6, 6.07) is 11.1. The SMILES string of the molecule is c1ccc(CN2CC[C@@H](n3ccnc3-c3cnc[nH]3)C2)cc1. The van der Waals surface area contributed by atoms with Gasteiger partial charge in [0.25, 0.3) is 0 Å². The molecule has 0 bridgehead atoms. The van der Waals surface area contributed by atoms with Gasteiger partial charge in [0.1, 0.15) is 5.69 Å². The molecule has 0 aliphatic carbocycles. The highest BCUT2D eigenvalue weighted by Gasteiger charge is 2.25. The van der Waals surface area contributed by atoms with Crippen LogP contribution in [0, 0.1) is 0 Å². The van der Waals surface area contributed by atoms with Crippen LogP contribution in [0.15, 0.2) is 55.2 Å². The quantitative estimate of drug-likeness (QED) is 0.804. The average molecular weight is 293 g/mol. The monoisotopic (exact) mass is 293 g/mol. The van der Waals surface area contributed by atoms with Crippen molar-refractivity contribution in [3.05, 3.63) is 60.8 Å². The molecule has 3 heterocycles. The highest BCUT2D eigenvalue weighted by molar-refractivity contribution is 5.48. The van der Waals surface area contributed by atoms with Gasteiger partial charge in [-0.25, -0.2) is 9.97 Å². The molecule has 1 aliphatic heterocycles. The number of imidazole rings is 2. The Hall–Kier alpha value is -2.40. The number of aromatic nitrogens is 4. The summed E-state index contributed by atoms with van der Waals surface area (Å²) < 4.78 is 2.28. The lowest BCUT2D eigenvalue weighted by molar-refractivity contribution is 0.316. The third kappa shape index (κ3) is 2.55. The van der Waals surface area contributed by atoms with E-state index in [1.165, 1.54) is 5.56 Å². The van der Waals surface area contributed by atoms with E-state index in [0.717, 1.165) is 37.6 Å². The third-order valence-corrected chi connectivity index (χ3v) is 4.30. The number of aromatic amines is 1. The topological polar surface area (TPSA) is 49.7 Å². The van der Waals surface area contributed by atoms with E-state index in [2.05, 4.69) is 60.9 Å². The predicted octanol–water partition coefficient (Wildman–Crippen LogP) is 2.72. The van der Waals surface area contributed by atoms with Crippen molar-refractivity contribution in [3.8, 4) is 11.5 Å². The molecule has 112 valence electrons. The first-order chi connectivity index (χ1) is 10.9. The molecule has 1 fully saturated rings. The van der Waals surface area contributed by atoms with Crippen molar-refractivity contribution in [2.75, 3.05) is 13.1 Å². The Morgan fingerprint density at radius 3 is 2.95 bits per heavy atom. The number of hydrogen-bond donors (Lipinski definition) is 1. The van der Waals surface area contributed by atoms with Crippen LogP contribution in [0.3, 0.4) is 0 Å². The van der Waals surface area contributed by atoms with E-state index in [-0.39, 0.29) is 0 Å². The van der Waals surface area contributed by atoms with Gasteiger partial charge in [0.05, 0.1) is 12.5 Å². The molecule has 1 N–H and O–H groups in total. The number of H-pyrrole nitrogens is 1. The Morgan fingerprint density at radius 1 is 1.23 bits per heavy atom. The van der Waals surface area contributed by atoms with Gasteiger partial charge < -0.3 is 9.55 Å². The van der Waals surface area contributed by atoms with Crippen molar-refractivity contribution in [2.24, 2.45) is 0 Å². The number of benzene rings is 1. The van der Waals surface area contributed by atoms with Crippen LogP contribution >= 0.6 is 0 Å². The fourth-order valence-corrected chi connectivity index (χ4v) is 3.22. The first kappa shape index (κ1) is 13.3. The van der Waals surface area contributed by atoms with Crippen molar-refractivity contribution in [2.45, 2.75) is 19.0 Å². The van der Waals surface area contributed by atoms with E-state index in [1.54, 1.807) is 6.33 Å². The van der Waals surface area contributed by atoms with Gasteiger partial charge in [-0.15, -0.1) is 0 Å². The van der Waals surface area contributed by atoms with E-state index < -0.39 is 0 Å². The minimum Gasteiger partial charge on any atom is -0.342 e. The molecule has 1 saturated heterocycles. The molecule has 0 unspecified atom stereocenters. The van der Waals surface area contributed by atoms with E-state index in [4.69, 9.17) is 0 Å². The third-order valence-electron chi connectivity index (χ3n) is 4.30. The zero-order valence-electron chi connectivity index (χ0n) is 12.4. The molecule has 0 radical (unpaired) electrons. The highest BCUT2D eigenvalue weighted by Crippen LogP contribution is 2.27. The minimum absolute atomic E-state index is 0.476. The van der Waals surface area contributed by atoms with Crippen molar-refractivity contribution in [1.29, 1.82) is 0 Å². The Morgan fingerprint density at radius 2 is 2.14 bits per heavy atom. The number of hydrogen-bond acceptors (Lipinski definition) is 3. The molecule has 5 nitrogen and oxygen atoms in total. The molecule has 1 aliphatic rings. The number of nitrogens with zero attached hydrogens (tertiary/aromatic N) is 4. The lowest BCUT2D eigenvalue weighted by atomic mass is 10.2. The predicted molar refractivity (Wildman–Crippen MR) is 85.2 cm³/mol. The molecule has 3 aromatic rings. The molecule has 1 aromatic carbocycles. The minimum atomic E-state index is 0.476. The van der Waals surface area contributed by atoms with Crippen LogP contribution in [0.25, 0.3) is 11.5 Å². The maximum absolute atomic E-state index is 4.49. The van der Waals surface area contributed by atoms with Gasteiger partial charge in [0, 0.05) is 38.1 Å². The van der Waals surface area contributed by atoms with Gasteiger partial charge in [-0.1, -0.05) is 30.3 Å². The standard InChI is InChI=1S/C17H19N5/c1-2-4-14(5-3-1)11-21-8-6-15(12-21)22-9-7-19-17(22)16-10-18-13-20-16/h1-5,7,9-10,13,15H,6,8,11-12H2,(H,18,20)/t15-/m1/s1. The first-order valence-corrected chi connectivity index (χ1v) is 7.68. The summed E-state index contributed by atoms with van der Waals surface area (Å²) in [6.45, 7) is 3.21. The molecule has 0 saturated carbocycles. The van der Waals surface area contributed by atoms with Gasteiger partial charge in [-0.05, 0) is 12.0 Å². The Bertz CT molecular complexity index is 717. The molecule has 1 atom stereocenters. The van der Waals surface area contributed by atoms with Gasteiger partial charge in [-0.2, -0.15) is 0 Å². The average Bonchev–Trinajstić information content (AvgIpc) is 3.29. The highest BCUT2D eigenvalue weighted by atomic mass is 15.2. The van der Waals surface area contributed by atoms with Gasteiger partial charge in [-0.3, -0.25) is 4.90 Å². The second-order valence-corrected chi connectivity index (χ2v) is 5.79. The summed E-state index contributed by atoms with van der Waals surface area (Å²) in [5, 5.41) is 0. The summed E-state index contributed by atoms with van der Waals surface area (Å²) in [6.07, 6.45) is 8.63. The van der Waals surface area contributed by atoms with E-state index in [9.17, 15) is 0 Å². The smallest absolute Gasteiger partial charge is 0.158 e. The summed E-state index contributed by atoms with van der Waals surface area (Å²) in [7, 11) is 0. The van der Waals surface area contributed by atoms with Crippen LogP contribution in [0.5, 0.6) is 0 Å². The molecule has 0 amide bonds. The van der Waals surface area contributed by atoms with E-state index in [1.807, 2.05) is 12.4 Å². The Balaban J connectivity index is 1.48. The second-order valence-electron chi connectivity index (χ2n) is 5.79. The van der Waals surface area contributed by atoms with E-state index in [0.29, 0.717) is 6.04 Å². The molecular weight excluding hydrogens is 274 g/mol. The van der Waals surface area contributed by atoms with Gasteiger partial charge >= 0.3 is 0 Å². The Kier molecular flexibility index (Phi) is 3.48. The largest absolute Gasteiger partial charge is 0.342 e. The van der Waals surface area contributed by atoms with Crippen molar-refractivity contribution in [3.63, 3.8) is 0 Å². The molecule has 5 heteroatoms. The fraction of sp³-hybridized carbons (Fsp3) is 0.294. The zero-order chi connectivity index (χ0) is 14.8. The number of rotatable bonds is 4. The summed E-state index contributed by atoms with van der Waals surface area (Å²) in [5.74, 6) is 0.976.